The smallest absolute Gasteiger partial charge is 0.320 e. The second kappa shape index (κ2) is 4.53. The molecule has 0 unspecified atom stereocenters. The zero-order valence-corrected chi connectivity index (χ0v) is 9.14. The summed E-state index contributed by atoms with van der Waals surface area (Å²) < 4.78 is 5.08. The Morgan fingerprint density at radius 3 is 2.56 bits per heavy atom. The molecule has 4 nitrogen and oxygen atoms in total. The van der Waals surface area contributed by atoms with Crippen molar-refractivity contribution < 1.29 is 14.6 Å². The van der Waals surface area contributed by atoms with Crippen LogP contribution in [0.1, 0.15) is 24.4 Å². The molecule has 1 heterocycles. The molecule has 1 aliphatic rings. The van der Waals surface area contributed by atoms with Gasteiger partial charge >= 0.3 is 5.97 Å². The molecule has 0 bridgehead atoms. The molecule has 0 aliphatic carbocycles. The number of carboxylic acids is 1. The van der Waals surface area contributed by atoms with E-state index < -0.39 is 12.0 Å². The molecular formula is C12H15NO3. The minimum absolute atomic E-state index is 0.145. The van der Waals surface area contributed by atoms with E-state index in [1.807, 2.05) is 24.3 Å². The second-order valence-corrected chi connectivity index (χ2v) is 3.96. The van der Waals surface area contributed by atoms with Gasteiger partial charge in [-0.15, -0.1) is 0 Å². The number of hydrogen-bond acceptors (Lipinski definition) is 3. The Hall–Kier alpha value is -1.55. The summed E-state index contributed by atoms with van der Waals surface area (Å²) >= 11 is 0. The quantitative estimate of drug-likeness (QED) is 0.813. The summed E-state index contributed by atoms with van der Waals surface area (Å²) in [5.74, 6) is 0.0487. The molecule has 2 N–H and O–H groups in total. The van der Waals surface area contributed by atoms with E-state index in [9.17, 15) is 4.79 Å². The van der Waals surface area contributed by atoms with E-state index in [1.54, 1.807) is 7.11 Å². The van der Waals surface area contributed by atoms with Crippen LogP contribution in [0.5, 0.6) is 5.75 Å². The topological polar surface area (TPSA) is 58.6 Å². The molecule has 0 spiro atoms. The molecule has 1 fully saturated rings. The predicted molar refractivity (Wildman–Crippen MR) is 59.5 cm³/mol. The molecule has 0 aromatic heterocycles. The molecule has 0 saturated carbocycles. The van der Waals surface area contributed by atoms with Crippen molar-refractivity contribution in [3.8, 4) is 5.75 Å². The van der Waals surface area contributed by atoms with Crippen LogP contribution < -0.4 is 10.1 Å². The van der Waals surface area contributed by atoms with Crippen molar-refractivity contribution in [2.75, 3.05) is 7.11 Å². The van der Waals surface area contributed by atoms with Crippen LogP contribution in [0, 0.1) is 0 Å². The molecule has 86 valence electrons. The molecule has 1 aliphatic heterocycles. The van der Waals surface area contributed by atoms with Gasteiger partial charge in [-0.05, 0) is 30.5 Å². The Bertz CT molecular complexity index is 374. The Balaban J connectivity index is 2.05. The molecule has 16 heavy (non-hydrogen) atoms. The van der Waals surface area contributed by atoms with Gasteiger partial charge in [-0.25, -0.2) is 0 Å². The Labute approximate surface area is 94.2 Å². The van der Waals surface area contributed by atoms with E-state index in [0.29, 0.717) is 6.42 Å². The minimum Gasteiger partial charge on any atom is -0.497 e. The summed E-state index contributed by atoms with van der Waals surface area (Å²) in [6.07, 6.45) is 1.55. The fourth-order valence-electron chi connectivity index (χ4n) is 2.04. The Kier molecular flexibility index (Phi) is 3.10. The lowest BCUT2D eigenvalue weighted by Gasteiger charge is -2.12. The van der Waals surface area contributed by atoms with Crippen molar-refractivity contribution in [3.63, 3.8) is 0 Å². The van der Waals surface area contributed by atoms with E-state index in [4.69, 9.17) is 9.84 Å². The van der Waals surface area contributed by atoms with Crippen molar-refractivity contribution >= 4 is 5.97 Å². The van der Waals surface area contributed by atoms with Gasteiger partial charge in [0.15, 0.2) is 0 Å². The first-order valence-corrected chi connectivity index (χ1v) is 5.33. The monoisotopic (exact) mass is 221 g/mol. The number of nitrogens with one attached hydrogen (secondary N) is 1. The maximum atomic E-state index is 10.8. The van der Waals surface area contributed by atoms with Crippen molar-refractivity contribution in [2.45, 2.75) is 24.9 Å². The summed E-state index contributed by atoms with van der Waals surface area (Å²) in [7, 11) is 1.63. The average Bonchev–Trinajstić information content (AvgIpc) is 2.78. The van der Waals surface area contributed by atoms with Crippen LogP contribution in [0.3, 0.4) is 0 Å². The fourth-order valence-corrected chi connectivity index (χ4v) is 2.04. The van der Waals surface area contributed by atoms with Gasteiger partial charge < -0.3 is 9.84 Å². The van der Waals surface area contributed by atoms with Gasteiger partial charge in [0.2, 0.25) is 0 Å². The molecular weight excluding hydrogens is 206 g/mol. The van der Waals surface area contributed by atoms with Crippen LogP contribution in [0.4, 0.5) is 0 Å². The summed E-state index contributed by atoms with van der Waals surface area (Å²) in [5.41, 5.74) is 1.12. The highest BCUT2D eigenvalue weighted by atomic mass is 16.5. The lowest BCUT2D eigenvalue weighted by Crippen LogP contribution is -2.31. The lowest BCUT2D eigenvalue weighted by atomic mass is 10.1. The second-order valence-electron chi connectivity index (χ2n) is 3.96. The molecule has 0 radical (unpaired) electrons. The van der Waals surface area contributed by atoms with Gasteiger partial charge in [-0.3, -0.25) is 10.1 Å². The number of rotatable bonds is 3. The van der Waals surface area contributed by atoms with Crippen LogP contribution in [-0.2, 0) is 4.79 Å². The molecule has 1 saturated heterocycles. The highest BCUT2D eigenvalue weighted by Gasteiger charge is 2.29. The third-order valence-corrected chi connectivity index (χ3v) is 2.96. The van der Waals surface area contributed by atoms with E-state index >= 15 is 0 Å². The molecule has 2 rings (SSSR count). The highest BCUT2D eigenvalue weighted by Crippen LogP contribution is 2.27. The molecule has 2 atom stereocenters. The zero-order valence-electron chi connectivity index (χ0n) is 9.14. The van der Waals surface area contributed by atoms with E-state index in [2.05, 4.69) is 5.32 Å². The number of carbonyl (C=O) groups is 1. The SMILES string of the molecule is COc1ccc([C@@H]2CC[C@@H](C(=O)O)N2)cc1. The molecule has 1 aromatic carbocycles. The molecule has 1 aromatic rings. The third-order valence-electron chi connectivity index (χ3n) is 2.96. The number of hydrogen-bond donors (Lipinski definition) is 2. The molecule has 0 amide bonds. The summed E-state index contributed by atoms with van der Waals surface area (Å²) in [5, 5.41) is 12.0. The van der Waals surface area contributed by atoms with E-state index in [1.165, 1.54) is 0 Å². The van der Waals surface area contributed by atoms with Gasteiger partial charge in [-0.2, -0.15) is 0 Å². The van der Waals surface area contributed by atoms with Gasteiger partial charge in [0.05, 0.1) is 7.11 Å². The van der Waals surface area contributed by atoms with Crippen molar-refractivity contribution in [3.05, 3.63) is 29.8 Å². The average molecular weight is 221 g/mol. The fraction of sp³-hybridized carbons (Fsp3) is 0.417. The van der Waals surface area contributed by atoms with Crippen molar-refractivity contribution in [1.29, 1.82) is 0 Å². The normalized spacial score (nSPS) is 24.3. The first-order chi connectivity index (χ1) is 7.70. The molecule has 4 heteroatoms. The largest absolute Gasteiger partial charge is 0.497 e. The number of methoxy groups -OCH3 is 1. The Morgan fingerprint density at radius 2 is 2.06 bits per heavy atom. The van der Waals surface area contributed by atoms with Crippen LogP contribution >= 0.6 is 0 Å². The first-order valence-electron chi connectivity index (χ1n) is 5.33. The predicted octanol–water partition coefficient (Wildman–Crippen LogP) is 1.57. The first kappa shape index (κ1) is 11.0. The number of carboxylic acid groups (broad SMARTS) is 1. The number of aliphatic carboxylic acids is 1. The maximum Gasteiger partial charge on any atom is 0.320 e. The van der Waals surface area contributed by atoms with E-state index in [0.717, 1.165) is 17.7 Å². The van der Waals surface area contributed by atoms with Crippen LogP contribution in [0.15, 0.2) is 24.3 Å². The number of ether oxygens (including phenoxy) is 1. The zero-order chi connectivity index (χ0) is 11.5. The van der Waals surface area contributed by atoms with Crippen molar-refractivity contribution in [2.24, 2.45) is 0 Å². The maximum absolute atomic E-state index is 10.8. The Morgan fingerprint density at radius 1 is 1.38 bits per heavy atom. The van der Waals surface area contributed by atoms with Gasteiger partial charge in [-0.1, -0.05) is 12.1 Å². The van der Waals surface area contributed by atoms with Gasteiger partial charge in [0, 0.05) is 6.04 Å². The van der Waals surface area contributed by atoms with Crippen LogP contribution in [-0.4, -0.2) is 24.2 Å². The standard InChI is InChI=1S/C12H15NO3/c1-16-9-4-2-8(3-5-9)10-6-7-11(13-10)12(14)15/h2-5,10-11,13H,6-7H2,1H3,(H,14,15)/t10-,11-/m0/s1. The number of benzene rings is 1. The van der Waals surface area contributed by atoms with E-state index in [-0.39, 0.29) is 6.04 Å². The van der Waals surface area contributed by atoms with Crippen molar-refractivity contribution in [1.82, 2.24) is 5.32 Å². The van der Waals surface area contributed by atoms with Gasteiger partial charge in [0.25, 0.3) is 0 Å². The lowest BCUT2D eigenvalue weighted by molar-refractivity contribution is -0.139. The summed E-state index contributed by atoms with van der Waals surface area (Å²) in [4.78, 5) is 10.8. The highest BCUT2D eigenvalue weighted by molar-refractivity contribution is 5.73. The van der Waals surface area contributed by atoms with Crippen LogP contribution in [0.2, 0.25) is 0 Å². The van der Waals surface area contributed by atoms with Gasteiger partial charge in [0.1, 0.15) is 11.8 Å². The minimum atomic E-state index is -0.768. The van der Waals surface area contributed by atoms with Crippen LogP contribution in [0.25, 0.3) is 0 Å². The third kappa shape index (κ3) is 2.17. The summed E-state index contributed by atoms with van der Waals surface area (Å²) in [6.45, 7) is 0. The summed E-state index contributed by atoms with van der Waals surface area (Å²) in [6, 6.07) is 7.47.